The Kier molecular flexibility index (Phi) is 50.7. The van der Waals surface area contributed by atoms with Crippen LogP contribution in [0.4, 0.5) is 0 Å². The molecule has 3 atom stereocenters. The smallest absolute Gasteiger partial charge is 0.268 e. The number of allylic oxidation sites excluding steroid dienone is 5. The lowest BCUT2D eigenvalue weighted by Gasteiger charge is -2.29. The van der Waals surface area contributed by atoms with E-state index >= 15 is 0 Å². The minimum Gasteiger partial charge on any atom is -0.756 e. The van der Waals surface area contributed by atoms with Crippen molar-refractivity contribution < 1.29 is 32.9 Å². The van der Waals surface area contributed by atoms with Crippen molar-refractivity contribution in [2.75, 3.05) is 40.9 Å². The largest absolute Gasteiger partial charge is 0.756 e. The zero-order valence-corrected chi connectivity index (χ0v) is 47.4. The maximum absolute atomic E-state index is 12.9. The van der Waals surface area contributed by atoms with E-state index in [4.69, 9.17) is 9.05 Å². The van der Waals surface area contributed by atoms with Crippen molar-refractivity contribution in [1.82, 2.24) is 5.32 Å². The van der Waals surface area contributed by atoms with E-state index in [1.54, 1.807) is 6.08 Å². The van der Waals surface area contributed by atoms with Crippen molar-refractivity contribution in [1.29, 1.82) is 0 Å². The Hall–Kier alpha value is -1.28. The molecular formula is C60H117N2O6P. The van der Waals surface area contributed by atoms with Crippen LogP contribution in [0.15, 0.2) is 36.5 Å². The molecule has 0 radical (unpaired) electrons. The van der Waals surface area contributed by atoms with Gasteiger partial charge in [0.1, 0.15) is 13.2 Å². The molecular weight excluding hydrogens is 876 g/mol. The Balaban J connectivity index is 3.75. The van der Waals surface area contributed by atoms with Gasteiger partial charge in [-0.2, -0.15) is 0 Å². The van der Waals surface area contributed by atoms with Crippen molar-refractivity contribution in [2.45, 2.75) is 302 Å². The molecule has 0 aliphatic rings. The van der Waals surface area contributed by atoms with Gasteiger partial charge in [-0.25, -0.2) is 0 Å². The molecule has 0 saturated carbocycles. The Bertz CT molecular complexity index is 1220. The fourth-order valence-corrected chi connectivity index (χ4v) is 9.61. The maximum Gasteiger partial charge on any atom is 0.268 e. The molecule has 0 rings (SSSR count). The van der Waals surface area contributed by atoms with Gasteiger partial charge in [-0.05, 0) is 51.4 Å². The van der Waals surface area contributed by atoms with Crippen LogP contribution in [0.3, 0.4) is 0 Å². The van der Waals surface area contributed by atoms with Crippen LogP contribution in [0.5, 0.6) is 0 Å². The SMILES string of the molecule is CCCCCCC/C=C\C/C=C\CCCCCCCCCCCCCCCCCCCCCCCCCCCCCC(=O)NC(COP(=O)([O-])OCC[N+](C)(C)C)C(O)/C=C/CCCCCCCC. The summed E-state index contributed by atoms with van der Waals surface area (Å²) in [6, 6.07) is -0.881. The van der Waals surface area contributed by atoms with Gasteiger partial charge in [0.25, 0.3) is 7.82 Å². The number of hydrogen-bond donors (Lipinski definition) is 2. The van der Waals surface area contributed by atoms with Crippen molar-refractivity contribution in [3.8, 4) is 0 Å². The molecule has 408 valence electrons. The average molecular weight is 994 g/mol. The van der Waals surface area contributed by atoms with Gasteiger partial charge < -0.3 is 28.8 Å². The number of amides is 1. The third kappa shape index (κ3) is 54.3. The quantitative estimate of drug-likeness (QED) is 0.0272. The monoisotopic (exact) mass is 993 g/mol. The van der Waals surface area contributed by atoms with Crippen molar-refractivity contribution >= 4 is 13.7 Å². The zero-order valence-electron chi connectivity index (χ0n) is 46.5. The van der Waals surface area contributed by atoms with E-state index in [0.29, 0.717) is 17.4 Å². The topological polar surface area (TPSA) is 108 Å². The molecule has 69 heavy (non-hydrogen) atoms. The minimum absolute atomic E-state index is 0.000536. The molecule has 0 fully saturated rings. The summed E-state index contributed by atoms with van der Waals surface area (Å²) in [5.41, 5.74) is 0. The van der Waals surface area contributed by atoms with Crippen LogP contribution in [0.2, 0.25) is 0 Å². The Morgan fingerprint density at radius 2 is 0.841 bits per heavy atom. The fraction of sp³-hybridized carbons (Fsp3) is 0.883. The summed E-state index contributed by atoms with van der Waals surface area (Å²) in [5.74, 6) is -0.196. The highest BCUT2D eigenvalue weighted by atomic mass is 31.2. The number of nitrogens with zero attached hydrogens (tertiary/aromatic N) is 1. The van der Waals surface area contributed by atoms with E-state index in [2.05, 4.69) is 43.5 Å². The Morgan fingerprint density at radius 1 is 0.507 bits per heavy atom. The number of carbonyl (C=O) groups is 1. The molecule has 3 unspecified atom stereocenters. The molecule has 0 aromatic rings. The van der Waals surface area contributed by atoms with Crippen molar-refractivity contribution in [2.24, 2.45) is 0 Å². The van der Waals surface area contributed by atoms with E-state index in [9.17, 15) is 19.4 Å². The second-order valence-corrected chi connectivity index (χ2v) is 23.1. The molecule has 0 heterocycles. The van der Waals surface area contributed by atoms with Crippen LogP contribution in [0.25, 0.3) is 0 Å². The summed E-state index contributed by atoms with van der Waals surface area (Å²) in [6.45, 7) is 4.61. The number of aliphatic hydroxyl groups excluding tert-OH is 1. The number of hydrogen-bond acceptors (Lipinski definition) is 6. The Morgan fingerprint density at radius 3 is 1.20 bits per heavy atom. The van der Waals surface area contributed by atoms with E-state index in [0.717, 1.165) is 44.9 Å². The third-order valence-corrected chi connectivity index (χ3v) is 14.6. The van der Waals surface area contributed by atoms with Gasteiger partial charge in [-0.15, -0.1) is 0 Å². The fourth-order valence-electron chi connectivity index (χ4n) is 8.89. The first-order valence-electron chi connectivity index (χ1n) is 29.9. The lowest BCUT2D eigenvalue weighted by atomic mass is 10.0. The summed E-state index contributed by atoms with van der Waals surface area (Å²) >= 11 is 0. The second-order valence-electron chi connectivity index (χ2n) is 21.7. The number of likely N-dealkylation sites (N-methyl/N-ethyl adjacent to an activating group) is 1. The number of rotatable bonds is 55. The summed E-state index contributed by atoms with van der Waals surface area (Å²) in [7, 11) is 1.27. The molecule has 0 aliphatic carbocycles. The lowest BCUT2D eigenvalue weighted by molar-refractivity contribution is -0.870. The first-order chi connectivity index (χ1) is 33.5. The van der Waals surface area contributed by atoms with Crippen LogP contribution < -0.4 is 10.2 Å². The van der Waals surface area contributed by atoms with Crippen LogP contribution in [0.1, 0.15) is 290 Å². The summed E-state index contributed by atoms with van der Waals surface area (Å²) in [5, 5.41) is 13.7. The van der Waals surface area contributed by atoms with Crippen LogP contribution >= 0.6 is 7.82 Å². The number of aliphatic hydroxyl groups is 1. The molecule has 0 aliphatic heterocycles. The molecule has 0 spiro atoms. The first-order valence-corrected chi connectivity index (χ1v) is 31.3. The van der Waals surface area contributed by atoms with Crippen molar-refractivity contribution in [3.05, 3.63) is 36.5 Å². The molecule has 1 amide bonds. The predicted octanol–water partition coefficient (Wildman–Crippen LogP) is 17.5. The Labute approximate surface area is 429 Å². The zero-order chi connectivity index (χ0) is 50.6. The molecule has 0 aromatic heterocycles. The number of quaternary nitrogens is 1. The minimum atomic E-state index is -4.58. The molecule has 0 bridgehead atoms. The van der Waals surface area contributed by atoms with Gasteiger partial charge >= 0.3 is 0 Å². The van der Waals surface area contributed by atoms with Gasteiger partial charge in [0.2, 0.25) is 5.91 Å². The van der Waals surface area contributed by atoms with Crippen LogP contribution in [0, 0.1) is 0 Å². The van der Waals surface area contributed by atoms with Gasteiger partial charge in [0.15, 0.2) is 0 Å². The number of phosphoric acid groups is 1. The van der Waals surface area contributed by atoms with E-state index < -0.39 is 20.0 Å². The molecule has 2 N–H and O–H groups in total. The summed E-state index contributed by atoms with van der Waals surface area (Å²) in [6.07, 6.45) is 67.1. The maximum atomic E-state index is 12.9. The van der Waals surface area contributed by atoms with Crippen LogP contribution in [-0.2, 0) is 18.4 Å². The lowest BCUT2D eigenvalue weighted by Crippen LogP contribution is -2.45. The van der Waals surface area contributed by atoms with Gasteiger partial charge in [-0.1, -0.05) is 269 Å². The number of unbranched alkanes of at least 4 members (excludes halogenated alkanes) is 38. The standard InChI is InChI=1S/C60H117N2O6P/c1-6-8-10-12-14-16-17-18-19-20-21-22-23-24-25-26-27-28-29-30-31-32-33-34-35-36-37-38-39-40-41-42-43-44-45-46-48-50-52-54-60(64)61-58(57-68-69(65,66)67-56-55-62(3,4)5)59(63)53-51-49-47-15-13-11-9-7-2/h17-18,20-21,51,53,58-59,63H,6-16,19,22-50,52,54-57H2,1-5H3,(H-,61,64,65,66)/b18-17-,21-20-,53-51+. The third-order valence-electron chi connectivity index (χ3n) is 13.6. The van der Waals surface area contributed by atoms with E-state index in [1.807, 2.05) is 27.2 Å². The predicted molar refractivity (Wildman–Crippen MR) is 298 cm³/mol. The highest BCUT2D eigenvalue weighted by Gasteiger charge is 2.23. The highest BCUT2D eigenvalue weighted by molar-refractivity contribution is 7.45. The van der Waals surface area contributed by atoms with Crippen LogP contribution in [-0.4, -0.2) is 68.5 Å². The summed E-state index contributed by atoms with van der Waals surface area (Å²) in [4.78, 5) is 25.3. The van der Waals surface area contributed by atoms with E-state index in [-0.39, 0.29) is 19.1 Å². The summed E-state index contributed by atoms with van der Waals surface area (Å²) < 4.78 is 23.2. The molecule has 0 saturated heterocycles. The van der Waals surface area contributed by atoms with Crippen molar-refractivity contribution in [3.63, 3.8) is 0 Å². The molecule has 0 aromatic carbocycles. The molecule has 8 nitrogen and oxygen atoms in total. The number of nitrogens with one attached hydrogen (secondary N) is 1. The number of carbonyl (C=O) groups excluding carboxylic acids is 1. The number of phosphoric ester groups is 1. The first kappa shape index (κ1) is 67.7. The molecule has 9 heteroatoms. The second kappa shape index (κ2) is 51.6. The normalized spacial score (nSPS) is 14.1. The van der Waals surface area contributed by atoms with Gasteiger partial charge in [0.05, 0.1) is 39.9 Å². The van der Waals surface area contributed by atoms with E-state index in [1.165, 1.54) is 225 Å². The average Bonchev–Trinajstić information content (AvgIpc) is 3.31. The van der Waals surface area contributed by atoms with Gasteiger partial charge in [0, 0.05) is 6.42 Å². The van der Waals surface area contributed by atoms with Gasteiger partial charge in [-0.3, -0.25) is 9.36 Å². The highest BCUT2D eigenvalue weighted by Crippen LogP contribution is 2.38.